The maximum atomic E-state index is 13.4. The molecule has 1 aliphatic carbocycles. The minimum absolute atomic E-state index is 0.214. The summed E-state index contributed by atoms with van der Waals surface area (Å²) in [5, 5.41) is 0. The molecule has 1 unspecified atom stereocenters. The van der Waals surface area contributed by atoms with Crippen molar-refractivity contribution in [1.82, 2.24) is 0 Å². The molecule has 1 fully saturated rings. The summed E-state index contributed by atoms with van der Waals surface area (Å²) >= 11 is 0. The molecule has 1 aromatic carbocycles. The maximum Gasteiger partial charge on any atom is 0.119 e. The number of alkyl halides is 1. The monoisotopic (exact) mass is 194 g/mol. The molecule has 0 bridgehead atoms. The topological polar surface area (TPSA) is 9.23 Å². The Bertz CT molecular complexity index is 329. The van der Waals surface area contributed by atoms with E-state index in [1.54, 1.807) is 14.0 Å². The predicted octanol–water partition coefficient (Wildman–Crippen LogP) is 3.08. The number of methoxy groups -OCH3 is 1. The third-order valence-corrected chi connectivity index (χ3v) is 3.19. The Morgan fingerprint density at radius 2 is 2.14 bits per heavy atom. The van der Waals surface area contributed by atoms with Gasteiger partial charge in [0.1, 0.15) is 11.9 Å². The Hall–Kier alpha value is -1.05. The van der Waals surface area contributed by atoms with Crippen molar-refractivity contribution in [2.45, 2.75) is 31.4 Å². The Balaban J connectivity index is 2.32. The number of rotatable bonds is 3. The van der Waals surface area contributed by atoms with Gasteiger partial charge in [-0.15, -0.1) is 0 Å². The van der Waals surface area contributed by atoms with E-state index in [-0.39, 0.29) is 5.41 Å². The number of ether oxygens (including phenoxy) is 1. The summed E-state index contributed by atoms with van der Waals surface area (Å²) in [5.41, 5.74) is 0.862. The van der Waals surface area contributed by atoms with E-state index in [0.29, 0.717) is 0 Å². The summed E-state index contributed by atoms with van der Waals surface area (Å²) in [5.74, 6) is 0.814. The maximum absolute atomic E-state index is 13.4. The molecule has 0 saturated heterocycles. The molecule has 0 aromatic heterocycles. The average Bonchev–Trinajstić information content (AvgIpc) is 2.98. The van der Waals surface area contributed by atoms with Crippen LogP contribution in [-0.2, 0) is 5.41 Å². The molecule has 1 atom stereocenters. The second-order valence-corrected chi connectivity index (χ2v) is 4.00. The number of halogens is 1. The summed E-state index contributed by atoms with van der Waals surface area (Å²) in [6.07, 6.45) is 1.14. The van der Waals surface area contributed by atoms with Crippen LogP contribution in [0.15, 0.2) is 24.3 Å². The molecular weight excluding hydrogens is 179 g/mol. The standard InChI is InChI=1S/C12H15FO/c1-9(13)12(6-7-12)10-4-3-5-11(8-10)14-2/h3-5,8-9H,6-7H2,1-2H3. The summed E-state index contributed by atoms with van der Waals surface area (Å²) in [4.78, 5) is 0. The lowest BCUT2D eigenvalue weighted by molar-refractivity contribution is 0.289. The van der Waals surface area contributed by atoms with E-state index in [4.69, 9.17) is 4.74 Å². The van der Waals surface area contributed by atoms with Crippen LogP contribution in [0.3, 0.4) is 0 Å². The molecule has 2 rings (SSSR count). The highest BCUT2D eigenvalue weighted by Crippen LogP contribution is 2.52. The largest absolute Gasteiger partial charge is 0.497 e. The minimum Gasteiger partial charge on any atom is -0.497 e. The highest BCUT2D eigenvalue weighted by atomic mass is 19.1. The first-order valence-corrected chi connectivity index (χ1v) is 4.98. The van der Waals surface area contributed by atoms with Gasteiger partial charge in [-0.25, -0.2) is 4.39 Å². The first-order chi connectivity index (χ1) is 6.69. The van der Waals surface area contributed by atoms with Gasteiger partial charge in [-0.3, -0.25) is 0 Å². The van der Waals surface area contributed by atoms with Crippen LogP contribution in [0.1, 0.15) is 25.3 Å². The average molecular weight is 194 g/mol. The van der Waals surface area contributed by atoms with Crippen molar-refractivity contribution in [3.63, 3.8) is 0 Å². The van der Waals surface area contributed by atoms with Crippen molar-refractivity contribution in [3.05, 3.63) is 29.8 Å². The zero-order chi connectivity index (χ0) is 10.2. The zero-order valence-electron chi connectivity index (χ0n) is 8.59. The van der Waals surface area contributed by atoms with Gasteiger partial charge in [0.15, 0.2) is 0 Å². The lowest BCUT2D eigenvalue weighted by Gasteiger charge is -2.17. The van der Waals surface area contributed by atoms with Gasteiger partial charge >= 0.3 is 0 Å². The predicted molar refractivity (Wildman–Crippen MR) is 54.5 cm³/mol. The van der Waals surface area contributed by atoms with Gasteiger partial charge < -0.3 is 4.74 Å². The molecule has 1 nitrogen and oxygen atoms in total. The van der Waals surface area contributed by atoms with Crippen molar-refractivity contribution in [1.29, 1.82) is 0 Å². The number of benzene rings is 1. The molecule has 0 heterocycles. The fourth-order valence-electron chi connectivity index (χ4n) is 1.98. The first-order valence-electron chi connectivity index (χ1n) is 4.98. The molecule has 0 N–H and O–H groups in total. The van der Waals surface area contributed by atoms with Gasteiger partial charge in [0.2, 0.25) is 0 Å². The van der Waals surface area contributed by atoms with E-state index in [2.05, 4.69) is 0 Å². The van der Waals surface area contributed by atoms with Crippen LogP contribution in [0.25, 0.3) is 0 Å². The van der Waals surface area contributed by atoms with Crippen LogP contribution in [0.5, 0.6) is 5.75 Å². The van der Waals surface area contributed by atoms with Crippen LogP contribution in [-0.4, -0.2) is 13.3 Å². The van der Waals surface area contributed by atoms with Gasteiger partial charge in [-0.05, 0) is 37.5 Å². The van der Waals surface area contributed by atoms with Crippen LogP contribution in [0.2, 0.25) is 0 Å². The van der Waals surface area contributed by atoms with E-state index >= 15 is 0 Å². The minimum atomic E-state index is -0.769. The summed E-state index contributed by atoms with van der Waals surface area (Å²) in [6, 6.07) is 7.76. The molecule has 14 heavy (non-hydrogen) atoms. The molecule has 0 amide bonds. The molecule has 0 spiro atoms. The normalized spacial score (nSPS) is 20.2. The summed E-state index contributed by atoms with van der Waals surface area (Å²) in [6.45, 7) is 1.65. The van der Waals surface area contributed by atoms with Gasteiger partial charge in [-0.2, -0.15) is 0 Å². The molecule has 0 radical (unpaired) electrons. The Morgan fingerprint density at radius 3 is 2.64 bits per heavy atom. The van der Waals surface area contributed by atoms with Crippen LogP contribution in [0.4, 0.5) is 4.39 Å². The van der Waals surface area contributed by atoms with E-state index in [1.165, 1.54) is 0 Å². The second kappa shape index (κ2) is 3.26. The van der Waals surface area contributed by atoms with Crippen molar-refractivity contribution < 1.29 is 9.13 Å². The second-order valence-electron chi connectivity index (χ2n) is 4.00. The number of hydrogen-bond donors (Lipinski definition) is 0. The van der Waals surface area contributed by atoms with Crippen LogP contribution in [0, 0.1) is 0 Å². The van der Waals surface area contributed by atoms with E-state index in [1.807, 2.05) is 24.3 Å². The van der Waals surface area contributed by atoms with E-state index in [9.17, 15) is 4.39 Å². The third-order valence-electron chi connectivity index (χ3n) is 3.19. The Kier molecular flexibility index (Phi) is 2.22. The number of hydrogen-bond acceptors (Lipinski definition) is 1. The van der Waals surface area contributed by atoms with Crippen molar-refractivity contribution in [2.75, 3.05) is 7.11 Å². The van der Waals surface area contributed by atoms with E-state index in [0.717, 1.165) is 24.2 Å². The van der Waals surface area contributed by atoms with Crippen LogP contribution < -0.4 is 4.74 Å². The van der Waals surface area contributed by atoms with Gasteiger partial charge in [-0.1, -0.05) is 12.1 Å². The summed E-state index contributed by atoms with van der Waals surface area (Å²) in [7, 11) is 1.64. The van der Waals surface area contributed by atoms with Gasteiger partial charge in [0, 0.05) is 5.41 Å². The third kappa shape index (κ3) is 1.39. The smallest absolute Gasteiger partial charge is 0.119 e. The molecule has 1 saturated carbocycles. The lowest BCUT2D eigenvalue weighted by Crippen LogP contribution is -2.18. The van der Waals surface area contributed by atoms with E-state index < -0.39 is 6.17 Å². The summed E-state index contributed by atoms with van der Waals surface area (Å²) < 4.78 is 18.6. The fraction of sp³-hybridized carbons (Fsp3) is 0.500. The molecular formula is C12H15FO. The quantitative estimate of drug-likeness (QED) is 0.718. The highest BCUT2D eigenvalue weighted by Gasteiger charge is 2.49. The molecule has 76 valence electrons. The highest BCUT2D eigenvalue weighted by molar-refractivity contribution is 5.38. The first kappa shape index (κ1) is 9.50. The fourth-order valence-corrected chi connectivity index (χ4v) is 1.98. The van der Waals surface area contributed by atoms with Gasteiger partial charge in [0.05, 0.1) is 7.11 Å². The van der Waals surface area contributed by atoms with Crippen molar-refractivity contribution in [2.24, 2.45) is 0 Å². The molecule has 0 aliphatic heterocycles. The SMILES string of the molecule is COc1cccc(C2(C(C)F)CC2)c1. The van der Waals surface area contributed by atoms with Crippen molar-refractivity contribution in [3.8, 4) is 5.75 Å². The Morgan fingerprint density at radius 1 is 1.43 bits per heavy atom. The molecule has 1 aliphatic rings. The molecule has 2 heteroatoms. The lowest BCUT2D eigenvalue weighted by atomic mass is 9.92. The van der Waals surface area contributed by atoms with Gasteiger partial charge in [0.25, 0.3) is 0 Å². The Labute approximate surface area is 83.9 Å². The van der Waals surface area contributed by atoms with Crippen LogP contribution >= 0.6 is 0 Å². The zero-order valence-corrected chi connectivity index (χ0v) is 8.59. The molecule has 1 aromatic rings. The van der Waals surface area contributed by atoms with Crippen molar-refractivity contribution >= 4 is 0 Å².